The van der Waals surface area contributed by atoms with E-state index in [-0.39, 0.29) is 16.0 Å². The molecular weight excluding hydrogens is 622 g/mol. The van der Waals surface area contributed by atoms with E-state index in [0.29, 0.717) is 71.5 Å². The molecule has 0 atom stereocenters. The monoisotopic (exact) mass is 652 g/mol. The molecule has 0 spiro atoms. The molecule has 0 unspecified atom stereocenters. The third-order valence-corrected chi connectivity index (χ3v) is 9.33. The van der Waals surface area contributed by atoms with Crippen LogP contribution in [0.25, 0.3) is 32.0 Å². The highest BCUT2D eigenvalue weighted by atomic mass is 32.1. The van der Waals surface area contributed by atoms with Crippen molar-refractivity contribution in [3.8, 4) is 32.4 Å². The smallest absolute Gasteiger partial charge is 0.380 e. The van der Waals surface area contributed by atoms with Crippen molar-refractivity contribution in [1.29, 1.82) is 0 Å². The van der Waals surface area contributed by atoms with Crippen molar-refractivity contribution in [3.63, 3.8) is 0 Å². The van der Waals surface area contributed by atoms with Gasteiger partial charge in [-0.15, -0.1) is 22.7 Å². The van der Waals surface area contributed by atoms with Crippen LogP contribution in [0.15, 0.2) is 66.0 Å². The number of aryl methyl sites for hydroxylation is 1. The second-order valence-corrected chi connectivity index (χ2v) is 12.5. The van der Waals surface area contributed by atoms with Gasteiger partial charge in [0.1, 0.15) is 11.5 Å². The molecule has 0 bridgehead atoms. The van der Waals surface area contributed by atoms with Crippen LogP contribution in [0, 0.1) is 6.92 Å². The van der Waals surface area contributed by atoms with Crippen LogP contribution in [-0.4, -0.2) is 44.1 Å². The summed E-state index contributed by atoms with van der Waals surface area (Å²) in [6.45, 7) is 3.25. The SMILES string of the molecule is Cc1sc(-c2ccc(OCCCN)cc2)cc1C1=C(c2csc(-c3ccc(OCCCN)cc3)c2)C(F)(F)C(F)(F)C1(F)F. The summed E-state index contributed by atoms with van der Waals surface area (Å²) < 4.78 is 103. The van der Waals surface area contributed by atoms with Crippen LogP contribution in [0.4, 0.5) is 26.3 Å². The molecule has 44 heavy (non-hydrogen) atoms. The van der Waals surface area contributed by atoms with E-state index < -0.39 is 28.9 Å². The van der Waals surface area contributed by atoms with Gasteiger partial charge < -0.3 is 20.9 Å². The van der Waals surface area contributed by atoms with E-state index in [4.69, 9.17) is 20.9 Å². The Kier molecular flexibility index (Phi) is 9.18. The van der Waals surface area contributed by atoms with Crippen LogP contribution in [-0.2, 0) is 0 Å². The number of hydrogen-bond donors (Lipinski definition) is 2. The topological polar surface area (TPSA) is 70.5 Å². The lowest BCUT2D eigenvalue weighted by atomic mass is 9.95. The Hall–Kier alpha value is -3.32. The number of benzene rings is 2. The van der Waals surface area contributed by atoms with Crippen molar-refractivity contribution in [2.75, 3.05) is 26.3 Å². The highest BCUT2D eigenvalue weighted by Gasteiger charge is 2.80. The summed E-state index contributed by atoms with van der Waals surface area (Å²) >= 11 is 2.06. The molecule has 4 N–H and O–H groups in total. The minimum Gasteiger partial charge on any atom is -0.494 e. The number of nitrogens with two attached hydrogens (primary N) is 2. The second kappa shape index (κ2) is 12.6. The summed E-state index contributed by atoms with van der Waals surface area (Å²) in [5.74, 6) is -14.7. The summed E-state index contributed by atoms with van der Waals surface area (Å²) in [4.78, 5) is 1.13. The van der Waals surface area contributed by atoms with E-state index in [2.05, 4.69) is 0 Å². The Morgan fingerprint density at radius 1 is 0.659 bits per heavy atom. The van der Waals surface area contributed by atoms with Gasteiger partial charge in [-0.25, -0.2) is 0 Å². The lowest BCUT2D eigenvalue weighted by molar-refractivity contribution is -0.254. The summed E-state index contributed by atoms with van der Waals surface area (Å²) in [6, 6.07) is 16.0. The van der Waals surface area contributed by atoms with Gasteiger partial charge in [-0.1, -0.05) is 0 Å². The van der Waals surface area contributed by atoms with Gasteiger partial charge in [0.2, 0.25) is 0 Å². The average Bonchev–Trinajstić information content (AvgIpc) is 3.65. The molecule has 234 valence electrons. The summed E-state index contributed by atoms with van der Waals surface area (Å²) in [6.07, 6.45) is 1.33. The first kappa shape index (κ1) is 32.1. The lowest BCUT2D eigenvalue weighted by Gasteiger charge is -2.25. The molecule has 0 saturated heterocycles. The maximum absolute atomic E-state index is 15.5. The lowest BCUT2D eigenvalue weighted by Crippen LogP contribution is -2.48. The maximum atomic E-state index is 15.5. The Morgan fingerprint density at radius 2 is 1.16 bits per heavy atom. The van der Waals surface area contributed by atoms with E-state index in [1.165, 1.54) is 24.4 Å². The molecule has 1 aliphatic carbocycles. The van der Waals surface area contributed by atoms with Gasteiger partial charge >= 0.3 is 17.8 Å². The van der Waals surface area contributed by atoms with Gasteiger partial charge in [-0.05, 0) is 121 Å². The zero-order valence-corrected chi connectivity index (χ0v) is 25.3. The fourth-order valence-corrected chi connectivity index (χ4v) is 6.86. The van der Waals surface area contributed by atoms with Gasteiger partial charge in [0.15, 0.2) is 0 Å². The zero-order chi connectivity index (χ0) is 31.7. The van der Waals surface area contributed by atoms with Crippen LogP contribution in [0.5, 0.6) is 11.5 Å². The van der Waals surface area contributed by atoms with Crippen LogP contribution in [0.1, 0.15) is 28.8 Å². The molecule has 0 fully saturated rings. The molecule has 0 radical (unpaired) electrons. The number of thiophene rings is 2. The van der Waals surface area contributed by atoms with Gasteiger partial charge in [0.05, 0.1) is 13.2 Å². The molecule has 0 aliphatic heterocycles. The fourth-order valence-electron chi connectivity index (χ4n) is 4.92. The first-order valence-corrected chi connectivity index (χ1v) is 15.6. The van der Waals surface area contributed by atoms with Gasteiger partial charge in [0, 0.05) is 25.8 Å². The number of ether oxygens (including phenoxy) is 2. The van der Waals surface area contributed by atoms with Crippen molar-refractivity contribution < 1.29 is 35.8 Å². The first-order valence-electron chi connectivity index (χ1n) is 13.9. The summed E-state index contributed by atoms with van der Waals surface area (Å²) in [5.41, 5.74) is 8.70. The largest absolute Gasteiger partial charge is 0.494 e. The van der Waals surface area contributed by atoms with E-state index >= 15 is 17.6 Å². The van der Waals surface area contributed by atoms with Crippen molar-refractivity contribution in [2.24, 2.45) is 11.5 Å². The zero-order valence-electron chi connectivity index (χ0n) is 23.6. The number of alkyl halides is 6. The molecular formula is C32H30F6N2O2S2. The molecule has 0 saturated carbocycles. The number of allylic oxidation sites excluding steroid dienone is 2. The number of rotatable bonds is 12. The number of halogens is 6. The van der Waals surface area contributed by atoms with Crippen molar-refractivity contribution in [2.45, 2.75) is 37.5 Å². The van der Waals surface area contributed by atoms with Crippen molar-refractivity contribution >= 4 is 33.8 Å². The normalized spacial score (nSPS) is 16.8. The molecule has 2 aromatic carbocycles. The molecule has 5 rings (SSSR count). The van der Waals surface area contributed by atoms with E-state index in [1.807, 2.05) is 0 Å². The quantitative estimate of drug-likeness (QED) is 0.119. The van der Waals surface area contributed by atoms with Gasteiger partial charge in [0.25, 0.3) is 0 Å². The fraction of sp³-hybridized carbons (Fsp3) is 0.312. The van der Waals surface area contributed by atoms with Crippen LogP contribution >= 0.6 is 22.7 Å². The third-order valence-electron chi connectivity index (χ3n) is 7.25. The Bertz CT molecular complexity index is 1630. The molecule has 12 heteroatoms. The highest BCUT2D eigenvalue weighted by Crippen LogP contribution is 2.65. The van der Waals surface area contributed by atoms with Gasteiger partial charge in [-0.3, -0.25) is 0 Å². The Morgan fingerprint density at radius 3 is 1.68 bits per heavy atom. The highest BCUT2D eigenvalue weighted by molar-refractivity contribution is 7.15. The summed E-state index contributed by atoms with van der Waals surface area (Å²) in [7, 11) is 0. The van der Waals surface area contributed by atoms with Crippen molar-refractivity contribution in [3.05, 3.63) is 82.0 Å². The van der Waals surface area contributed by atoms with E-state index in [1.54, 1.807) is 48.5 Å². The standard InChI is InChI=1S/C32H30F6N2O2S2/c1-19-25(17-27(44-19)21-6-10-24(11-7-21)42-15-3-13-40)29-28(30(33,34)32(37,38)31(29,35)36)22-16-26(43-18-22)20-4-8-23(9-5-20)41-14-2-12-39/h4-11,16-18H,2-3,12-15,39-40H2,1H3. The van der Waals surface area contributed by atoms with Crippen molar-refractivity contribution in [1.82, 2.24) is 0 Å². The minimum absolute atomic E-state index is 0.213. The molecule has 0 amide bonds. The maximum Gasteiger partial charge on any atom is 0.380 e. The third kappa shape index (κ3) is 5.76. The molecule has 2 heterocycles. The van der Waals surface area contributed by atoms with Crippen LogP contribution < -0.4 is 20.9 Å². The summed E-state index contributed by atoms with van der Waals surface area (Å²) in [5, 5.41) is 1.22. The number of hydrogen-bond acceptors (Lipinski definition) is 6. The predicted molar refractivity (Wildman–Crippen MR) is 164 cm³/mol. The first-order chi connectivity index (χ1) is 20.9. The van der Waals surface area contributed by atoms with Crippen LogP contribution in [0.2, 0.25) is 0 Å². The van der Waals surface area contributed by atoms with Crippen LogP contribution in [0.3, 0.4) is 0 Å². The average molecular weight is 653 g/mol. The van der Waals surface area contributed by atoms with E-state index in [0.717, 1.165) is 22.7 Å². The van der Waals surface area contributed by atoms with E-state index in [9.17, 15) is 8.78 Å². The minimum atomic E-state index is -5.63. The van der Waals surface area contributed by atoms with Gasteiger partial charge in [-0.2, -0.15) is 26.3 Å². The Balaban J connectivity index is 1.53. The molecule has 4 aromatic rings. The second-order valence-electron chi connectivity index (χ2n) is 10.3. The molecule has 1 aliphatic rings. The molecule has 2 aromatic heterocycles. The Labute approximate surface area is 258 Å². The molecule has 4 nitrogen and oxygen atoms in total. The predicted octanol–water partition coefficient (Wildman–Crippen LogP) is 8.74.